The summed E-state index contributed by atoms with van der Waals surface area (Å²) in [5, 5.41) is 3.25. The van der Waals surface area contributed by atoms with Crippen molar-refractivity contribution in [3.63, 3.8) is 0 Å². The molecule has 7 heteroatoms. The average molecular weight is 543 g/mol. The van der Waals surface area contributed by atoms with E-state index in [4.69, 9.17) is 9.47 Å². The maximum absolute atomic E-state index is 13.6. The number of hydrogen-bond acceptors (Lipinski definition) is 6. The first-order chi connectivity index (χ1) is 19.3. The largest absolute Gasteiger partial charge is 0.466 e. The van der Waals surface area contributed by atoms with Gasteiger partial charge in [-0.25, -0.2) is 9.97 Å². The van der Waals surface area contributed by atoms with Crippen LogP contribution in [-0.2, 0) is 27.2 Å². The van der Waals surface area contributed by atoms with Crippen molar-refractivity contribution in [2.45, 2.75) is 97.1 Å². The Morgan fingerprint density at radius 1 is 1.12 bits per heavy atom. The van der Waals surface area contributed by atoms with Crippen molar-refractivity contribution < 1.29 is 14.3 Å². The Bertz CT molecular complexity index is 1290. The van der Waals surface area contributed by atoms with Crippen LogP contribution in [0.25, 0.3) is 0 Å². The van der Waals surface area contributed by atoms with Crippen molar-refractivity contribution in [1.82, 2.24) is 14.9 Å². The number of anilines is 1. The SMILES string of the molecule is CC12CC3CC(C)(C1)CC(CC(=O)Nc1ncnc4c1CCN(C(CC1=CC=CCC1)C1=COC=CO1)C4)(C3)C2. The lowest BCUT2D eigenvalue weighted by molar-refractivity contribution is -0.153. The molecule has 1 aromatic rings. The van der Waals surface area contributed by atoms with Crippen molar-refractivity contribution >= 4 is 11.7 Å². The summed E-state index contributed by atoms with van der Waals surface area (Å²) in [6.07, 6.45) is 25.2. The van der Waals surface area contributed by atoms with Gasteiger partial charge in [0.05, 0.1) is 11.7 Å². The maximum Gasteiger partial charge on any atom is 0.226 e. The molecule has 4 saturated carbocycles. The Labute approximate surface area is 237 Å². The van der Waals surface area contributed by atoms with Crippen LogP contribution in [0.15, 0.2) is 54.7 Å². The van der Waals surface area contributed by atoms with Gasteiger partial charge < -0.3 is 14.8 Å². The Morgan fingerprint density at radius 3 is 2.70 bits per heavy atom. The number of carbonyl (C=O) groups excluding carboxylic acids is 1. The summed E-state index contributed by atoms with van der Waals surface area (Å²) in [5.41, 5.74) is 4.44. The maximum atomic E-state index is 13.6. The molecule has 7 nitrogen and oxygen atoms in total. The summed E-state index contributed by atoms with van der Waals surface area (Å²) in [6, 6.07) is 0.0580. The smallest absolute Gasteiger partial charge is 0.226 e. The number of allylic oxidation sites excluding steroid dienone is 3. The number of hydrogen-bond donors (Lipinski definition) is 1. The van der Waals surface area contributed by atoms with Crippen molar-refractivity contribution in [2.24, 2.45) is 22.2 Å². The van der Waals surface area contributed by atoms with E-state index < -0.39 is 0 Å². The number of ether oxygens (including phenoxy) is 2. The molecule has 5 aliphatic carbocycles. The van der Waals surface area contributed by atoms with E-state index in [9.17, 15) is 4.79 Å². The highest BCUT2D eigenvalue weighted by atomic mass is 16.5. The normalized spacial score (nSPS) is 34.8. The number of amides is 1. The number of nitrogens with zero attached hydrogens (tertiary/aromatic N) is 3. The molecule has 3 heterocycles. The first kappa shape index (κ1) is 26.0. The fourth-order valence-electron chi connectivity index (χ4n) is 10.1. The second-order valence-electron chi connectivity index (χ2n) is 14.3. The lowest BCUT2D eigenvalue weighted by Crippen LogP contribution is -2.55. The van der Waals surface area contributed by atoms with Crippen molar-refractivity contribution in [3.05, 3.63) is 65.9 Å². The van der Waals surface area contributed by atoms with Gasteiger partial charge in [0.25, 0.3) is 0 Å². The van der Waals surface area contributed by atoms with Crippen LogP contribution in [0, 0.1) is 22.2 Å². The van der Waals surface area contributed by atoms with Crippen molar-refractivity contribution in [1.29, 1.82) is 0 Å². The topological polar surface area (TPSA) is 76.6 Å². The molecule has 0 saturated heterocycles. The van der Waals surface area contributed by atoms with Crippen LogP contribution in [0.2, 0.25) is 0 Å². The van der Waals surface area contributed by atoms with E-state index in [0.29, 0.717) is 29.6 Å². The summed E-state index contributed by atoms with van der Waals surface area (Å²) in [7, 11) is 0. The number of rotatable bonds is 7. The summed E-state index contributed by atoms with van der Waals surface area (Å²) in [5.74, 6) is 2.43. The third-order valence-corrected chi connectivity index (χ3v) is 10.4. The highest BCUT2D eigenvalue weighted by Crippen LogP contribution is 2.70. The van der Waals surface area contributed by atoms with E-state index in [1.807, 2.05) is 0 Å². The van der Waals surface area contributed by atoms with Crippen molar-refractivity contribution in [2.75, 3.05) is 11.9 Å². The zero-order chi connectivity index (χ0) is 27.4. The molecule has 8 rings (SSSR count). The summed E-state index contributed by atoms with van der Waals surface area (Å²) >= 11 is 0. The Kier molecular flexibility index (Phi) is 6.41. The van der Waals surface area contributed by atoms with Crippen LogP contribution < -0.4 is 5.32 Å². The highest BCUT2D eigenvalue weighted by molar-refractivity contribution is 5.91. The number of aromatic nitrogens is 2. The van der Waals surface area contributed by atoms with E-state index >= 15 is 0 Å². The lowest BCUT2D eigenvalue weighted by Gasteiger charge is -2.65. The molecular formula is C33H42N4O3. The first-order valence-electron chi connectivity index (χ1n) is 15.2. The van der Waals surface area contributed by atoms with Gasteiger partial charge in [-0.15, -0.1) is 0 Å². The molecule has 1 aromatic heterocycles. The molecule has 3 unspecified atom stereocenters. The third-order valence-electron chi connectivity index (χ3n) is 10.4. The molecule has 0 radical (unpaired) electrons. The fraction of sp³-hybridized carbons (Fsp3) is 0.606. The standard InChI is InChI=1S/C33H42N4O3/c1-31-13-24-14-32(2,19-31)21-33(15-24,20-31)16-29(38)36-30-25-8-9-37(17-26(25)34-22-35-30)27(28-18-39-10-11-40-28)12-23-6-4-3-5-7-23/h3-4,6,10-11,18,22,24,27H,5,7-9,12-17,19-21H2,1-2H3,(H,34,35,36,38). The molecule has 0 spiro atoms. The van der Waals surface area contributed by atoms with Crippen LogP contribution >= 0.6 is 0 Å². The molecule has 1 amide bonds. The molecule has 4 fully saturated rings. The number of fused-ring (bicyclic) bond motifs is 1. The molecule has 2 aliphatic heterocycles. The van der Waals surface area contributed by atoms with E-state index in [2.05, 4.69) is 52.3 Å². The predicted molar refractivity (Wildman–Crippen MR) is 153 cm³/mol. The van der Waals surface area contributed by atoms with E-state index in [1.165, 1.54) is 44.1 Å². The van der Waals surface area contributed by atoms with Crippen molar-refractivity contribution in [3.8, 4) is 0 Å². The van der Waals surface area contributed by atoms with Crippen LogP contribution in [-0.4, -0.2) is 33.4 Å². The van der Waals surface area contributed by atoms with Crippen LogP contribution in [0.3, 0.4) is 0 Å². The minimum Gasteiger partial charge on any atom is -0.466 e. The van der Waals surface area contributed by atoms with E-state index in [-0.39, 0.29) is 17.4 Å². The zero-order valence-electron chi connectivity index (χ0n) is 24.0. The van der Waals surface area contributed by atoms with Gasteiger partial charge in [0.2, 0.25) is 5.91 Å². The van der Waals surface area contributed by atoms with Gasteiger partial charge in [0.15, 0.2) is 5.76 Å². The number of nitrogens with one attached hydrogen (secondary N) is 1. The third kappa shape index (κ3) is 5.02. The van der Waals surface area contributed by atoms with Gasteiger partial charge in [-0.05, 0) is 86.4 Å². The average Bonchev–Trinajstić information content (AvgIpc) is 2.90. The second-order valence-corrected chi connectivity index (χ2v) is 14.3. The molecule has 40 heavy (non-hydrogen) atoms. The van der Waals surface area contributed by atoms with Gasteiger partial charge in [0.1, 0.15) is 30.9 Å². The molecule has 0 aromatic carbocycles. The first-order valence-corrected chi connectivity index (χ1v) is 15.2. The summed E-state index contributed by atoms with van der Waals surface area (Å²) in [4.78, 5) is 25.2. The highest BCUT2D eigenvalue weighted by Gasteiger charge is 2.60. The predicted octanol–water partition coefficient (Wildman–Crippen LogP) is 6.55. The quantitative estimate of drug-likeness (QED) is 0.421. The number of carbonyl (C=O) groups is 1. The van der Waals surface area contributed by atoms with Gasteiger partial charge in [0, 0.05) is 25.1 Å². The second kappa shape index (κ2) is 9.86. The van der Waals surface area contributed by atoms with Crippen LogP contribution in [0.5, 0.6) is 0 Å². The fourth-order valence-corrected chi connectivity index (χ4v) is 10.1. The minimum absolute atomic E-state index is 0.0580. The molecule has 3 atom stereocenters. The Morgan fingerprint density at radius 2 is 1.98 bits per heavy atom. The molecule has 4 bridgehead atoms. The zero-order valence-corrected chi connectivity index (χ0v) is 24.0. The summed E-state index contributed by atoms with van der Waals surface area (Å²) in [6.45, 7) is 6.46. The van der Waals surface area contributed by atoms with Gasteiger partial charge in [-0.3, -0.25) is 9.69 Å². The minimum atomic E-state index is 0.0580. The van der Waals surface area contributed by atoms with Crippen LogP contribution in [0.4, 0.5) is 5.82 Å². The molecule has 7 aliphatic rings. The lowest BCUT2D eigenvalue weighted by atomic mass is 9.40. The monoisotopic (exact) mass is 542 g/mol. The van der Waals surface area contributed by atoms with Gasteiger partial charge in [-0.2, -0.15) is 0 Å². The van der Waals surface area contributed by atoms with Gasteiger partial charge >= 0.3 is 0 Å². The van der Waals surface area contributed by atoms with Gasteiger partial charge in [-0.1, -0.05) is 37.6 Å². The van der Waals surface area contributed by atoms with Crippen LogP contribution in [0.1, 0.15) is 89.3 Å². The van der Waals surface area contributed by atoms with E-state index in [1.54, 1.807) is 25.1 Å². The Hall–Kier alpha value is -2.93. The van der Waals surface area contributed by atoms with E-state index in [0.717, 1.165) is 55.2 Å². The molecular weight excluding hydrogens is 500 g/mol. The Balaban J connectivity index is 1.06. The molecule has 212 valence electrons. The summed E-state index contributed by atoms with van der Waals surface area (Å²) < 4.78 is 11.4. The molecule has 1 N–H and O–H groups in total.